The van der Waals surface area contributed by atoms with Gasteiger partial charge in [0.1, 0.15) is 0 Å². The van der Waals surface area contributed by atoms with E-state index in [1.165, 1.54) is 83.5 Å². The predicted molar refractivity (Wildman–Crippen MR) is 96.8 cm³/mol. The Hall–Kier alpha value is -0.520. The molecule has 0 aromatic rings. The molecule has 3 aliphatic carbocycles. The van der Waals surface area contributed by atoms with Crippen LogP contribution in [0.5, 0.6) is 0 Å². The van der Waals surface area contributed by atoms with E-state index in [0.29, 0.717) is 0 Å². The fourth-order valence-electron chi connectivity index (χ4n) is 5.30. The van der Waals surface area contributed by atoms with Crippen molar-refractivity contribution in [3.05, 3.63) is 24.8 Å². The molecule has 0 unspecified atom stereocenters. The van der Waals surface area contributed by atoms with E-state index in [1.54, 1.807) is 0 Å². The second kappa shape index (κ2) is 8.37. The number of hydrogen-bond acceptors (Lipinski definition) is 0. The van der Waals surface area contributed by atoms with Gasteiger partial charge in [0.15, 0.2) is 0 Å². The molecule has 0 aromatic carbocycles. The Morgan fingerprint density at radius 1 is 0.500 bits per heavy atom. The van der Waals surface area contributed by atoms with Gasteiger partial charge in [-0.15, -0.1) is 6.58 Å². The van der Waals surface area contributed by atoms with Crippen LogP contribution in [0.15, 0.2) is 24.8 Å². The van der Waals surface area contributed by atoms with Crippen molar-refractivity contribution in [3.8, 4) is 0 Å². The first kappa shape index (κ1) is 16.3. The summed E-state index contributed by atoms with van der Waals surface area (Å²) in [5, 5.41) is 0. The molecule has 3 aliphatic rings. The van der Waals surface area contributed by atoms with Crippen LogP contribution < -0.4 is 0 Å². The molecule has 124 valence electrons. The molecule has 0 spiro atoms. The highest BCUT2D eigenvalue weighted by Gasteiger charge is 2.27. The molecule has 0 heteroatoms. The molecule has 22 heavy (non-hydrogen) atoms. The van der Waals surface area contributed by atoms with E-state index in [0.717, 1.165) is 29.6 Å². The van der Waals surface area contributed by atoms with Crippen LogP contribution in [-0.2, 0) is 0 Å². The Kier molecular flexibility index (Phi) is 6.21. The van der Waals surface area contributed by atoms with Gasteiger partial charge in [-0.25, -0.2) is 0 Å². The second-order valence-electron chi connectivity index (χ2n) is 8.37. The highest BCUT2D eigenvalue weighted by molar-refractivity contribution is 4.98. The van der Waals surface area contributed by atoms with Gasteiger partial charge >= 0.3 is 0 Å². The van der Waals surface area contributed by atoms with Gasteiger partial charge in [-0.1, -0.05) is 50.3 Å². The Morgan fingerprint density at radius 2 is 0.955 bits per heavy atom. The number of rotatable bonds is 4. The van der Waals surface area contributed by atoms with Gasteiger partial charge < -0.3 is 0 Å². The molecule has 3 rings (SSSR count). The molecule has 3 saturated carbocycles. The second-order valence-corrected chi connectivity index (χ2v) is 8.37. The first-order valence-electron chi connectivity index (χ1n) is 10.2. The number of allylic oxidation sites excluding steroid dienone is 3. The monoisotopic (exact) mass is 300 g/mol. The summed E-state index contributed by atoms with van der Waals surface area (Å²) in [5.41, 5.74) is 0. The fourth-order valence-corrected chi connectivity index (χ4v) is 5.30. The molecule has 0 heterocycles. The number of hydrogen-bond donors (Lipinski definition) is 0. The SMILES string of the molecule is C=CC1CCC(/C=C/C2CCC(C3CCCCC3)CC2)CC1. The molecule has 3 fully saturated rings. The lowest BCUT2D eigenvalue weighted by Crippen LogP contribution is -2.23. The minimum atomic E-state index is 0.801. The van der Waals surface area contributed by atoms with Crippen LogP contribution in [0.2, 0.25) is 0 Å². The van der Waals surface area contributed by atoms with Crippen LogP contribution in [0.4, 0.5) is 0 Å². The Morgan fingerprint density at radius 3 is 1.50 bits per heavy atom. The van der Waals surface area contributed by atoms with Crippen molar-refractivity contribution in [3.63, 3.8) is 0 Å². The lowest BCUT2D eigenvalue weighted by Gasteiger charge is -2.35. The van der Waals surface area contributed by atoms with E-state index in [9.17, 15) is 0 Å². The average molecular weight is 301 g/mol. The molecular weight excluding hydrogens is 264 g/mol. The molecule has 0 aromatic heterocycles. The summed E-state index contributed by atoms with van der Waals surface area (Å²) in [6.07, 6.45) is 26.5. The molecule has 0 N–H and O–H groups in total. The summed E-state index contributed by atoms with van der Waals surface area (Å²) in [6.45, 7) is 3.96. The summed E-state index contributed by atoms with van der Waals surface area (Å²) >= 11 is 0. The van der Waals surface area contributed by atoms with Crippen molar-refractivity contribution in [1.29, 1.82) is 0 Å². The molecule has 0 nitrogen and oxygen atoms in total. The maximum absolute atomic E-state index is 3.96. The van der Waals surface area contributed by atoms with Gasteiger partial charge in [-0.05, 0) is 81.0 Å². The topological polar surface area (TPSA) is 0 Å². The first-order chi connectivity index (χ1) is 10.8. The molecule has 0 amide bonds. The van der Waals surface area contributed by atoms with Crippen LogP contribution in [-0.4, -0.2) is 0 Å². The first-order valence-corrected chi connectivity index (χ1v) is 10.2. The van der Waals surface area contributed by atoms with Crippen LogP contribution in [0.1, 0.15) is 83.5 Å². The maximum atomic E-state index is 3.96. The van der Waals surface area contributed by atoms with E-state index in [-0.39, 0.29) is 0 Å². The van der Waals surface area contributed by atoms with Gasteiger partial charge in [-0.2, -0.15) is 0 Å². The zero-order valence-corrected chi connectivity index (χ0v) is 14.5. The highest BCUT2D eigenvalue weighted by Crippen LogP contribution is 2.40. The van der Waals surface area contributed by atoms with Crippen molar-refractivity contribution in [2.45, 2.75) is 83.5 Å². The Balaban J connectivity index is 1.38. The Bertz CT molecular complexity index is 344. The molecule has 0 bridgehead atoms. The van der Waals surface area contributed by atoms with Crippen molar-refractivity contribution >= 4 is 0 Å². The zero-order valence-electron chi connectivity index (χ0n) is 14.5. The summed E-state index contributed by atoms with van der Waals surface area (Å²) < 4.78 is 0. The molecule has 0 aliphatic heterocycles. The standard InChI is InChI=1S/C22H36/c1-2-18-8-10-19(11-9-18)12-13-20-14-16-22(17-15-20)21-6-4-3-5-7-21/h2,12-13,18-22H,1,3-11,14-17H2/b13-12+. The van der Waals surface area contributed by atoms with Crippen LogP contribution in [0.25, 0.3) is 0 Å². The van der Waals surface area contributed by atoms with Gasteiger partial charge in [-0.3, -0.25) is 0 Å². The molecule has 0 radical (unpaired) electrons. The van der Waals surface area contributed by atoms with Crippen molar-refractivity contribution in [2.24, 2.45) is 29.6 Å². The Labute approximate surface area is 138 Å². The van der Waals surface area contributed by atoms with E-state index < -0.39 is 0 Å². The van der Waals surface area contributed by atoms with Gasteiger partial charge in [0.25, 0.3) is 0 Å². The highest BCUT2D eigenvalue weighted by atomic mass is 14.3. The third-order valence-corrected chi connectivity index (χ3v) is 6.94. The largest absolute Gasteiger partial charge is 0.103 e. The van der Waals surface area contributed by atoms with Gasteiger partial charge in [0.2, 0.25) is 0 Å². The smallest absolute Gasteiger partial charge is 0.0233 e. The lowest BCUT2D eigenvalue weighted by atomic mass is 9.71. The van der Waals surface area contributed by atoms with Crippen molar-refractivity contribution < 1.29 is 0 Å². The average Bonchev–Trinajstić information content (AvgIpc) is 2.61. The normalized spacial score (nSPS) is 38.2. The van der Waals surface area contributed by atoms with Crippen LogP contribution in [0.3, 0.4) is 0 Å². The summed E-state index contributed by atoms with van der Waals surface area (Å²) in [4.78, 5) is 0. The molecule has 0 atom stereocenters. The van der Waals surface area contributed by atoms with Crippen molar-refractivity contribution in [2.75, 3.05) is 0 Å². The van der Waals surface area contributed by atoms with Crippen LogP contribution in [0, 0.1) is 29.6 Å². The quantitative estimate of drug-likeness (QED) is 0.494. The van der Waals surface area contributed by atoms with Crippen molar-refractivity contribution in [1.82, 2.24) is 0 Å². The fraction of sp³-hybridized carbons (Fsp3) is 0.818. The molecule has 0 saturated heterocycles. The summed E-state index contributed by atoms with van der Waals surface area (Å²) in [5.74, 6) is 4.74. The van der Waals surface area contributed by atoms with Gasteiger partial charge in [0.05, 0.1) is 0 Å². The van der Waals surface area contributed by atoms with Crippen LogP contribution >= 0.6 is 0 Å². The zero-order chi connectivity index (χ0) is 15.2. The maximum Gasteiger partial charge on any atom is -0.0233 e. The van der Waals surface area contributed by atoms with E-state index >= 15 is 0 Å². The van der Waals surface area contributed by atoms with E-state index in [2.05, 4.69) is 24.8 Å². The van der Waals surface area contributed by atoms with E-state index in [1.807, 2.05) is 0 Å². The third kappa shape index (κ3) is 4.49. The third-order valence-electron chi connectivity index (χ3n) is 6.94. The summed E-state index contributed by atoms with van der Waals surface area (Å²) in [6, 6.07) is 0. The summed E-state index contributed by atoms with van der Waals surface area (Å²) in [7, 11) is 0. The van der Waals surface area contributed by atoms with E-state index in [4.69, 9.17) is 0 Å². The minimum Gasteiger partial charge on any atom is -0.103 e. The van der Waals surface area contributed by atoms with Gasteiger partial charge in [0, 0.05) is 0 Å². The molecular formula is C22H36. The predicted octanol–water partition coefficient (Wildman–Crippen LogP) is 6.92. The lowest BCUT2D eigenvalue weighted by molar-refractivity contribution is 0.179. The minimum absolute atomic E-state index is 0.801.